The van der Waals surface area contributed by atoms with Crippen LogP contribution >= 0.6 is 12.0 Å². The Morgan fingerprint density at radius 1 is 1.25 bits per heavy atom. The lowest BCUT2D eigenvalue weighted by Crippen LogP contribution is -2.20. The van der Waals surface area contributed by atoms with Gasteiger partial charge in [-0.15, -0.1) is 4.33 Å². The third-order valence-corrected chi connectivity index (χ3v) is 1.87. The largest absolute Gasteiger partial charge is 0.493 e. The average molecular weight is 254 g/mol. The SMILES string of the molecule is COc1ccccc1OC(F)(F)SOOO. The van der Waals surface area contributed by atoms with Gasteiger partial charge in [0.2, 0.25) is 0 Å². The highest BCUT2D eigenvalue weighted by atomic mass is 32.2. The van der Waals surface area contributed by atoms with Gasteiger partial charge in [0.25, 0.3) is 0 Å². The Morgan fingerprint density at radius 3 is 2.44 bits per heavy atom. The summed E-state index contributed by atoms with van der Waals surface area (Å²) in [4.78, 5) is 0. The first-order valence-corrected chi connectivity index (χ1v) is 4.69. The van der Waals surface area contributed by atoms with Crippen LogP contribution in [0, 0.1) is 0 Å². The van der Waals surface area contributed by atoms with E-state index in [2.05, 4.69) is 14.1 Å². The van der Waals surface area contributed by atoms with Crippen LogP contribution in [0.3, 0.4) is 0 Å². The van der Waals surface area contributed by atoms with Gasteiger partial charge in [-0.1, -0.05) is 17.2 Å². The summed E-state index contributed by atoms with van der Waals surface area (Å²) in [5, 5.41) is 10.8. The first-order chi connectivity index (χ1) is 7.59. The summed E-state index contributed by atoms with van der Waals surface area (Å²) in [5.41, 5.74) is -3.72. The molecule has 0 aliphatic carbocycles. The van der Waals surface area contributed by atoms with Crippen LogP contribution in [0.25, 0.3) is 0 Å². The molecule has 90 valence electrons. The summed E-state index contributed by atoms with van der Waals surface area (Å²) in [6.45, 7) is 0. The molecule has 0 spiro atoms. The van der Waals surface area contributed by atoms with Crippen molar-refractivity contribution in [3.05, 3.63) is 24.3 Å². The maximum absolute atomic E-state index is 13.0. The van der Waals surface area contributed by atoms with E-state index in [1.165, 1.54) is 25.3 Å². The molecule has 0 aromatic heterocycles. The quantitative estimate of drug-likeness (QED) is 0.364. The van der Waals surface area contributed by atoms with E-state index in [0.29, 0.717) is 0 Å². The van der Waals surface area contributed by atoms with E-state index in [-0.39, 0.29) is 11.5 Å². The molecule has 0 heterocycles. The van der Waals surface area contributed by atoms with Crippen LogP contribution in [0.15, 0.2) is 24.3 Å². The molecule has 1 N–H and O–H groups in total. The highest BCUT2D eigenvalue weighted by molar-refractivity contribution is 7.95. The highest BCUT2D eigenvalue weighted by Crippen LogP contribution is 2.36. The Labute approximate surface area is 93.9 Å². The van der Waals surface area contributed by atoms with E-state index >= 15 is 0 Å². The van der Waals surface area contributed by atoms with E-state index in [9.17, 15) is 8.78 Å². The van der Waals surface area contributed by atoms with Crippen LogP contribution in [0.4, 0.5) is 8.78 Å². The number of benzene rings is 1. The summed E-state index contributed by atoms with van der Waals surface area (Å²) in [6, 6.07) is 5.86. The molecule has 0 amide bonds. The van der Waals surface area contributed by atoms with E-state index < -0.39 is 17.5 Å². The number of ether oxygens (including phenoxy) is 2. The molecule has 0 aliphatic rings. The van der Waals surface area contributed by atoms with E-state index in [1.807, 2.05) is 0 Å². The van der Waals surface area contributed by atoms with E-state index in [0.717, 1.165) is 0 Å². The summed E-state index contributed by atoms with van der Waals surface area (Å²) < 4.78 is 38.7. The Kier molecular flexibility index (Phi) is 4.74. The number of hydrogen-bond donors (Lipinski definition) is 1. The van der Waals surface area contributed by atoms with Crippen molar-refractivity contribution >= 4 is 12.0 Å². The molecule has 8 heteroatoms. The summed E-state index contributed by atoms with van der Waals surface area (Å²) >= 11 is -0.491. The Bertz CT molecular complexity index is 336. The van der Waals surface area contributed by atoms with Crippen LogP contribution in [-0.4, -0.2) is 17.8 Å². The van der Waals surface area contributed by atoms with Crippen molar-refractivity contribution in [2.75, 3.05) is 7.11 Å². The van der Waals surface area contributed by atoms with Crippen LogP contribution in [0.2, 0.25) is 0 Å². The van der Waals surface area contributed by atoms with Crippen LogP contribution in [-0.2, 0) is 9.37 Å². The van der Waals surface area contributed by atoms with Crippen molar-refractivity contribution in [2.45, 2.75) is 5.44 Å². The molecule has 5 nitrogen and oxygen atoms in total. The Balaban J connectivity index is 2.71. The number of alkyl halides is 2. The summed E-state index contributed by atoms with van der Waals surface area (Å²) in [7, 11) is 1.32. The van der Waals surface area contributed by atoms with Gasteiger partial charge in [-0.3, -0.25) is 0 Å². The number of hydrogen-bond acceptors (Lipinski definition) is 6. The fourth-order valence-corrected chi connectivity index (χ4v) is 1.14. The summed E-state index contributed by atoms with van der Waals surface area (Å²) in [5.74, 6) is -0.0169. The molecule has 16 heavy (non-hydrogen) atoms. The lowest BCUT2D eigenvalue weighted by atomic mass is 10.3. The van der Waals surface area contributed by atoms with Crippen LogP contribution in [0.1, 0.15) is 0 Å². The topological polar surface area (TPSA) is 57.2 Å². The van der Waals surface area contributed by atoms with Gasteiger partial charge in [0.1, 0.15) is 0 Å². The summed E-state index contributed by atoms with van der Waals surface area (Å²) in [6.07, 6.45) is 0. The second kappa shape index (κ2) is 5.85. The molecule has 0 unspecified atom stereocenters. The van der Waals surface area contributed by atoms with E-state index in [1.54, 1.807) is 6.07 Å². The number of para-hydroxylation sites is 2. The second-order valence-corrected chi connectivity index (χ2v) is 3.22. The van der Waals surface area contributed by atoms with Crippen molar-refractivity contribution < 1.29 is 32.9 Å². The lowest BCUT2D eigenvalue weighted by molar-refractivity contribution is -0.434. The van der Waals surface area contributed by atoms with Gasteiger partial charge in [-0.25, -0.2) is 5.26 Å². The van der Waals surface area contributed by atoms with Gasteiger partial charge >= 0.3 is 5.44 Å². The zero-order valence-corrected chi connectivity index (χ0v) is 8.87. The average Bonchev–Trinajstić information content (AvgIpc) is 2.27. The van der Waals surface area contributed by atoms with Crippen molar-refractivity contribution in [3.8, 4) is 11.5 Å². The van der Waals surface area contributed by atoms with Gasteiger partial charge in [0, 0.05) is 0 Å². The zero-order valence-electron chi connectivity index (χ0n) is 8.05. The van der Waals surface area contributed by atoms with Crippen molar-refractivity contribution in [1.29, 1.82) is 0 Å². The van der Waals surface area contributed by atoms with E-state index in [4.69, 9.17) is 9.99 Å². The van der Waals surface area contributed by atoms with Crippen molar-refractivity contribution in [3.63, 3.8) is 0 Å². The van der Waals surface area contributed by atoms with Gasteiger partial charge < -0.3 is 9.47 Å². The molecule has 0 saturated heterocycles. The molecule has 0 fully saturated rings. The smallest absolute Gasteiger partial charge is 0.482 e. The number of rotatable bonds is 6. The predicted octanol–water partition coefficient (Wildman–Crippen LogP) is 2.69. The molecule has 0 saturated carbocycles. The molecule has 1 rings (SSSR count). The molecule has 1 aromatic carbocycles. The third kappa shape index (κ3) is 3.81. The molecular formula is C8H8F2O5S. The van der Waals surface area contributed by atoms with Gasteiger partial charge in [0.05, 0.1) is 7.11 Å². The minimum Gasteiger partial charge on any atom is -0.493 e. The second-order valence-electron chi connectivity index (χ2n) is 2.44. The van der Waals surface area contributed by atoms with Crippen molar-refractivity contribution in [2.24, 2.45) is 0 Å². The fourth-order valence-electron chi connectivity index (χ4n) is 0.903. The van der Waals surface area contributed by atoms with Crippen LogP contribution in [0.5, 0.6) is 11.5 Å². The molecule has 1 aromatic rings. The van der Waals surface area contributed by atoms with Crippen LogP contribution < -0.4 is 9.47 Å². The maximum atomic E-state index is 13.0. The van der Waals surface area contributed by atoms with Crippen molar-refractivity contribution in [1.82, 2.24) is 0 Å². The first kappa shape index (κ1) is 13.0. The molecule has 0 atom stereocenters. The molecule has 0 radical (unpaired) electrons. The monoisotopic (exact) mass is 254 g/mol. The highest BCUT2D eigenvalue weighted by Gasteiger charge is 2.36. The lowest BCUT2D eigenvalue weighted by Gasteiger charge is -2.16. The number of methoxy groups -OCH3 is 1. The molecule has 0 bridgehead atoms. The standard InChI is InChI=1S/C8H8F2O5S/c1-12-6-4-2-3-5-7(6)13-8(9,10)16-15-14-11/h2-5,11H,1H3. The normalized spacial score (nSPS) is 11.2. The minimum atomic E-state index is -3.72. The third-order valence-electron chi connectivity index (χ3n) is 1.46. The Morgan fingerprint density at radius 2 is 1.88 bits per heavy atom. The maximum Gasteiger partial charge on any atom is 0.482 e. The fraction of sp³-hybridized carbons (Fsp3) is 0.250. The molecule has 0 aliphatic heterocycles. The Hall–Kier alpha value is -1.09. The first-order valence-electron chi connectivity index (χ1n) is 3.95. The predicted molar refractivity (Wildman–Crippen MR) is 51.0 cm³/mol. The molecular weight excluding hydrogens is 246 g/mol. The van der Waals surface area contributed by atoms with Gasteiger partial charge in [-0.05, 0) is 12.1 Å². The number of halogens is 2. The minimum absolute atomic E-state index is 0.146. The van der Waals surface area contributed by atoms with Gasteiger partial charge in [-0.2, -0.15) is 8.78 Å². The van der Waals surface area contributed by atoms with Gasteiger partial charge in [0.15, 0.2) is 23.5 Å². The zero-order chi connectivity index (χ0) is 12.0.